The first-order valence-electron chi connectivity index (χ1n) is 10.5. The Morgan fingerprint density at radius 2 is 1.94 bits per heavy atom. The van der Waals surface area contributed by atoms with Crippen LogP contribution in [0.25, 0.3) is 6.08 Å². The largest absolute Gasteiger partial charge is 0.490 e. The molecule has 1 aliphatic rings. The lowest BCUT2D eigenvalue weighted by Gasteiger charge is -2.15. The molecule has 2 amide bonds. The molecule has 3 rings (SSSR count). The van der Waals surface area contributed by atoms with Gasteiger partial charge < -0.3 is 14.2 Å². The summed E-state index contributed by atoms with van der Waals surface area (Å²) in [4.78, 5) is 38.0. The van der Waals surface area contributed by atoms with Gasteiger partial charge in [0.25, 0.3) is 11.1 Å². The Kier molecular flexibility index (Phi) is 9.04. The normalized spacial score (nSPS) is 14.8. The Labute approximate surface area is 215 Å². The monoisotopic (exact) mass is 567 g/mol. The maximum Gasteiger partial charge on any atom is 0.326 e. The van der Waals surface area contributed by atoms with Crippen molar-refractivity contribution in [2.24, 2.45) is 0 Å². The third-order valence-electron chi connectivity index (χ3n) is 4.49. The van der Waals surface area contributed by atoms with Gasteiger partial charge in [-0.15, -0.1) is 0 Å². The summed E-state index contributed by atoms with van der Waals surface area (Å²) in [6.07, 6.45) is 1.24. The number of halogens is 2. The van der Waals surface area contributed by atoms with Crippen LogP contribution >= 0.6 is 39.3 Å². The number of benzene rings is 2. The summed E-state index contributed by atoms with van der Waals surface area (Å²) in [6, 6.07) is 10.9. The van der Waals surface area contributed by atoms with Crippen molar-refractivity contribution >= 4 is 62.5 Å². The lowest BCUT2D eigenvalue weighted by molar-refractivity contribution is -0.149. The molecule has 1 fully saturated rings. The molecular formula is C24H23BrClNO6S. The summed E-state index contributed by atoms with van der Waals surface area (Å²) in [6.45, 7) is 5.45. The molecule has 2 aromatic carbocycles. The molecule has 0 radical (unpaired) electrons. The summed E-state index contributed by atoms with van der Waals surface area (Å²) >= 11 is 10.5. The summed E-state index contributed by atoms with van der Waals surface area (Å²) in [5, 5.41) is 0.0713. The average molecular weight is 569 g/mol. The van der Waals surface area contributed by atoms with Crippen molar-refractivity contribution in [1.29, 1.82) is 0 Å². The second-order valence-corrected chi connectivity index (χ2v) is 9.70. The van der Waals surface area contributed by atoms with Gasteiger partial charge in [-0.05, 0) is 78.3 Å². The van der Waals surface area contributed by atoms with Crippen LogP contribution < -0.4 is 9.47 Å². The molecule has 0 unspecified atom stereocenters. The highest BCUT2D eigenvalue weighted by atomic mass is 79.9. The van der Waals surface area contributed by atoms with Gasteiger partial charge in [0.15, 0.2) is 11.5 Å². The third-order valence-corrected chi connectivity index (χ3v) is 6.35. The van der Waals surface area contributed by atoms with Crippen molar-refractivity contribution < 1.29 is 28.6 Å². The Balaban J connectivity index is 1.82. The van der Waals surface area contributed by atoms with E-state index in [4.69, 9.17) is 25.8 Å². The summed E-state index contributed by atoms with van der Waals surface area (Å²) in [5.41, 5.74) is 1.45. The van der Waals surface area contributed by atoms with E-state index in [9.17, 15) is 14.4 Å². The van der Waals surface area contributed by atoms with E-state index in [0.29, 0.717) is 33.2 Å². The van der Waals surface area contributed by atoms with Crippen LogP contribution in [0.1, 0.15) is 31.9 Å². The van der Waals surface area contributed by atoms with Crippen LogP contribution in [0.5, 0.6) is 11.5 Å². The van der Waals surface area contributed by atoms with Crippen molar-refractivity contribution in [3.8, 4) is 11.5 Å². The highest BCUT2D eigenvalue weighted by Gasteiger charge is 2.36. The number of rotatable bonds is 9. The Bertz CT molecular complexity index is 1140. The minimum absolute atomic E-state index is 0.196. The van der Waals surface area contributed by atoms with Gasteiger partial charge in [0.2, 0.25) is 0 Å². The van der Waals surface area contributed by atoms with E-state index in [2.05, 4.69) is 15.9 Å². The molecule has 2 aromatic rings. The molecule has 7 nitrogen and oxygen atoms in total. The van der Waals surface area contributed by atoms with Gasteiger partial charge in [0, 0.05) is 10.6 Å². The fourth-order valence-corrected chi connectivity index (χ4v) is 4.66. The highest BCUT2D eigenvalue weighted by molar-refractivity contribution is 9.10. The average Bonchev–Trinajstić information content (AvgIpc) is 3.01. The first kappa shape index (κ1) is 26.1. The predicted octanol–water partition coefficient (Wildman–Crippen LogP) is 6.07. The third kappa shape index (κ3) is 6.55. The first-order valence-corrected chi connectivity index (χ1v) is 12.5. The van der Waals surface area contributed by atoms with E-state index in [0.717, 1.165) is 22.2 Å². The molecule has 1 saturated heterocycles. The van der Waals surface area contributed by atoms with Crippen molar-refractivity contribution in [2.75, 3.05) is 13.2 Å². The van der Waals surface area contributed by atoms with Gasteiger partial charge in [-0.2, -0.15) is 0 Å². The maximum absolute atomic E-state index is 12.7. The van der Waals surface area contributed by atoms with E-state index in [1.165, 1.54) is 0 Å². The van der Waals surface area contributed by atoms with E-state index in [1.54, 1.807) is 38.1 Å². The molecule has 0 atom stereocenters. The van der Waals surface area contributed by atoms with E-state index < -0.39 is 23.7 Å². The fourth-order valence-electron chi connectivity index (χ4n) is 3.06. The van der Waals surface area contributed by atoms with Crippen LogP contribution in [-0.4, -0.2) is 41.3 Å². The standard InChI is InChI=1S/C24H23BrClNO6S/c1-4-31-19-10-15(9-17(25)22(19)32-13-16-7-5-6-8-18(16)26)11-20-23(29)27(24(30)34-20)12-21(28)33-14(2)3/h5-11,14H,4,12-13H2,1-3H3/b20-11-. The molecule has 0 saturated carbocycles. The second kappa shape index (κ2) is 11.8. The molecule has 34 heavy (non-hydrogen) atoms. The van der Waals surface area contributed by atoms with Gasteiger partial charge in [0.1, 0.15) is 13.2 Å². The minimum atomic E-state index is -0.639. The van der Waals surface area contributed by atoms with Crippen molar-refractivity contribution in [3.05, 3.63) is 61.9 Å². The van der Waals surface area contributed by atoms with Gasteiger partial charge >= 0.3 is 5.97 Å². The molecule has 0 aliphatic carbocycles. The number of carbonyl (C=O) groups excluding carboxylic acids is 3. The van der Waals surface area contributed by atoms with Gasteiger partial charge in [-0.25, -0.2) is 0 Å². The SMILES string of the molecule is CCOc1cc(/C=C2\SC(=O)N(CC(=O)OC(C)C)C2=O)cc(Br)c1OCc1ccccc1Cl. The smallest absolute Gasteiger partial charge is 0.326 e. The Morgan fingerprint density at radius 1 is 1.21 bits per heavy atom. The van der Waals surface area contributed by atoms with Crippen molar-refractivity contribution in [1.82, 2.24) is 4.90 Å². The van der Waals surface area contributed by atoms with Gasteiger partial charge in [-0.3, -0.25) is 19.3 Å². The Morgan fingerprint density at radius 3 is 2.62 bits per heavy atom. The summed E-state index contributed by atoms with van der Waals surface area (Å²) in [5.74, 6) is -0.234. The van der Waals surface area contributed by atoms with E-state index in [1.807, 2.05) is 25.1 Å². The summed E-state index contributed by atoms with van der Waals surface area (Å²) < 4.78 is 17.4. The van der Waals surface area contributed by atoms with Crippen LogP contribution in [0, 0.1) is 0 Å². The van der Waals surface area contributed by atoms with Crippen LogP contribution in [0.15, 0.2) is 45.8 Å². The summed E-state index contributed by atoms with van der Waals surface area (Å²) in [7, 11) is 0. The number of carbonyl (C=O) groups is 3. The van der Waals surface area contributed by atoms with Gasteiger partial charge in [-0.1, -0.05) is 29.8 Å². The fraction of sp³-hybridized carbons (Fsp3) is 0.292. The molecule has 0 bridgehead atoms. The number of hydrogen-bond donors (Lipinski definition) is 0. The molecule has 0 N–H and O–H groups in total. The number of hydrogen-bond acceptors (Lipinski definition) is 7. The molecule has 10 heteroatoms. The number of amides is 2. The van der Waals surface area contributed by atoms with Crippen molar-refractivity contribution in [2.45, 2.75) is 33.5 Å². The maximum atomic E-state index is 12.7. The molecule has 1 aliphatic heterocycles. The Hall–Kier alpha value is -2.49. The van der Waals surface area contributed by atoms with E-state index >= 15 is 0 Å². The lowest BCUT2D eigenvalue weighted by Crippen LogP contribution is -2.35. The zero-order valence-electron chi connectivity index (χ0n) is 18.8. The number of thioether (sulfide) groups is 1. The zero-order valence-corrected chi connectivity index (χ0v) is 22.0. The number of imide groups is 1. The zero-order chi connectivity index (χ0) is 24.8. The molecule has 0 aromatic heterocycles. The first-order chi connectivity index (χ1) is 16.2. The molecule has 1 heterocycles. The quantitative estimate of drug-likeness (QED) is 0.268. The van der Waals surface area contributed by atoms with Crippen LogP contribution in [0.4, 0.5) is 4.79 Å². The van der Waals surface area contributed by atoms with Gasteiger partial charge in [0.05, 0.1) is 22.1 Å². The highest BCUT2D eigenvalue weighted by Crippen LogP contribution is 2.40. The van der Waals surface area contributed by atoms with Crippen molar-refractivity contribution in [3.63, 3.8) is 0 Å². The molecule has 180 valence electrons. The molecular weight excluding hydrogens is 546 g/mol. The lowest BCUT2D eigenvalue weighted by atomic mass is 10.1. The van der Waals surface area contributed by atoms with Crippen LogP contribution in [-0.2, 0) is 20.9 Å². The number of ether oxygens (including phenoxy) is 3. The minimum Gasteiger partial charge on any atom is -0.490 e. The van der Waals surface area contributed by atoms with Crippen LogP contribution in [0.3, 0.4) is 0 Å². The number of nitrogens with zero attached hydrogens (tertiary/aromatic N) is 1. The number of esters is 1. The second-order valence-electron chi connectivity index (χ2n) is 7.45. The topological polar surface area (TPSA) is 82.1 Å². The predicted molar refractivity (Wildman–Crippen MR) is 135 cm³/mol. The molecule has 0 spiro atoms. The van der Waals surface area contributed by atoms with E-state index in [-0.39, 0.29) is 17.6 Å². The van der Waals surface area contributed by atoms with Crippen LogP contribution in [0.2, 0.25) is 5.02 Å².